The van der Waals surface area contributed by atoms with Crippen LogP contribution in [0, 0.1) is 23.5 Å². The molecule has 4 rings (SSSR count). The van der Waals surface area contributed by atoms with E-state index in [1.165, 1.54) is 19.3 Å². The van der Waals surface area contributed by atoms with Gasteiger partial charge in [0.25, 0.3) is 0 Å². The minimum Gasteiger partial charge on any atom is -0.341 e. The van der Waals surface area contributed by atoms with Crippen molar-refractivity contribution in [3.8, 4) is 0 Å². The second kappa shape index (κ2) is 4.00. The summed E-state index contributed by atoms with van der Waals surface area (Å²) in [6, 6.07) is 2.84. The molecule has 3 unspecified atom stereocenters. The van der Waals surface area contributed by atoms with Crippen molar-refractivity contribution in [1.29, 1.82) is 0 Å². The summed E-state index contributed by atoms with van der Waals surface area (Å²) < 4.78 is 26.9. The van der Waals surface area contributed by atoms with Gasteiger partial charge in [-0.25, -0.2) is 13.8 Å². The Morgan fingerprint density at radius 3 is 3.00 bits per heavy atom. The largest absolute Gasteiger partial charge is 0.341 e. The van der Waals surface area contributed by atoms with Gasteiger partial charge in [-0.1, -0.05) is 6.42 Å². The number of hydrogen-bond donors (Lipinski definition) is 2. The van der Waals surface area contributed by atoms with Gasteiger partial charge >= 0.3 is 0 Å². The van der Waals surface area contributed by atoms with Crippen LogP contribution >= 0.6 is 0 Å². The summed E-state index contributed by atoms with van der Waals surface area (Å²) in [5.41, 5.74) is 0.676. The van der Waals surface area contributed by atoms with E-state index < -0.39 is 11.6 Å². The quantitative estimate of drug-likeness (QED) is 0.830. The van der Waals surface area contributed by atoms with Crippen LogP contribution in [0.15, 0.2) is 12.1 Å². The Bertz CT molecular complexity index is 637. The predicted molar refractivity (Wildman–Crippen MR) is 67.6 cm³/mol. The van der Waals surface area contributed by atoms with Gasteiger partial charge in [0.15, 0.2) is 11.6 Å². The number of aromatic nitrogens is 2. The van der Waals surface area contributed by atoms with Crippen molar-refractivity contribution in [1.82, 2.24) is 15.3 Å². The lowest BCUT2D eigenvalue weighted by Gasteiger charge is -2.15. The van der Waals surface area contributed by atoms with Gasteiger partial charge in [-0.05, 0) is 43.4 Å². The first kappa shape index (κ1) is 11.3. The lowest BCUT2D eigenvalue weighted by molar-refractivity contribution is 0.410. The maximum atomic E-state index is 13.7. The molecular formula is C14H15F2N3. The molecule has 2 N–H and O–H groups in total. The van der Waals surface area contributed by atoms with Crippen molar-refractivity contribution < 1.29 is 8.78 Å². The lowest BCUT2D eigenvalue weighted by atomic mass is 9.94. The molecule has 1 aromatic carbocycles. The molecule has 1 saturated carbocycles. The summed E-state index contributed by atoms with van der Waals surface area (Å²) in [6.07, 6.45) is 3.71. The number of halogens is 2. The number of nitrogens with one attached hydrogen (secondary N) is 2. The SMILES string of the molecule is Fc1ccc2[nH]c(C3NCC4CCCC43)nc2c1F. The van der Waals surface area contributed by atoms with E-state index in [0.29, 0.717) is 17.4 Å². The third-order valence-electron chi connectivity index (χ3n) is 4.60. The summed E-state index contributed by atoms with van der Waals surface area (Å²) in [5.74, 6) is 0.326. The zero-order valence-corrected chi connectivity index (χ0v) is 10.4. The number of aromatic amines is 1. The standard InChI is InChI=1S/C14H15F2N3/c15-9-4-5-10-13(11(9)16)19-14(18-10)12-8-3-1-2-7(8)6-17-12/h4-5,7-8,12,17H,1-3,6H2,(H,18,19). The van der Waals surface area contributed by atoms with Crippen LogP contribution in [0.1, 0.15) is 31.1 Å². The molecule has 2 aromatic rings. The smallest absolute Gasteiger partial charge is 0.186 e. The number of hydrogen-bond acceptors (Lipinski definition) is 2. The maximum Gasteiger partial charge on any atom is 0.186 e. The molecule has 19 heavy (non-hydrogen) atoms. The number of fused-ring (bicyclic) bond motifs is 2. The third-order valence-corrected chi connectivity index (χ3v) is 4.60. The Hall–Kier alpha value is -1.49. The van der Waals surface area contributed by atoms with Crippen LogP contribution in [0.3, 0.4) is 0 Å². The maximum absolute atomic E-state index is 13.7. The molecule has 0 spiro atoms. The fourth-order valence-corrected chi connectivity index (χ4v) is 3.67. The van der Waals surface area contributed by atoms with E-state index in [1.807, 2.05) is 0 Å². The minimum absolute atomic E-state index is 0.109. The summed E-state index contributed by atoms with van der Waals surface area (Å²) in [4.78, 5) is 7.42. The summed E-state index contributed by atoms with van der Waals surface area (Å²) >= 11 is 0. The topological polar surface area (TPSA) is 40.7 Å². The predicted octanol–water partition coefficient (Wildman–Crippen LogP) is 2.90. The Morgan fingerprint density at radius 1 is 1.21 bits per heavy atom. The van der Waals surface area contributed by atoms with Crippen LogP contribution in [0.5, 0.6) is 0 Å². The summed E-state index contributed by atoms with van der Waals surface area (Å²) in [6.45, 7) is 1.00. The van der Waals surface area contributed by atoms with E-state index in [4.69, 9.17) is 0 Å². The molecular weight excluding hydrogens is 248 g/mol. The highest BCUT2D eigenvalue weighted by Crippen LogP contribution is 2.43. The molecule has 3 atom stereocenters. The van der Waals surface area contributed by atoms with Crippen LogP contribution in [-0.2, 0) is 0 Å². The second-order valence-electron chi connectivity index (χ2n) is 5.62. The Balaban J connectivity index is 1.77. The van der Waals surface area contributed by atoms with Crippen LogP contribution in [-0.4, -0.2) is 16.5 Å². The first-order chi connectivity index (χ1) is 9.24. The Kier molecular flexibility index (Phi) is 2.39. The second-order valence-corrected chi connectivity index (χ2v) is 5.62. The fraction of sp³-hybridized carbons (Fsp3) is 0.500. The normalized spacial score (nSPS) is 30.1. The van der Waals surface area contributed by atoms with Crippen LogP contribution < -0.4 is 5.32 Å². The third kappa shape index (κ3) is 1.61. The molecule has 100 valence electrons. The van der Waals surface area contributed by atoms with Gasteiger partial charge in [0, 0.05) is 0 Å². The molecule has 3 nitrogen and oxygen atoms in total. The first-order valence-corrected chi connectivity index (χ1v) is 6.81. The number of H-pyrrole nitrogens is 1. The fourth-order valence-electron chi connectivity index (χ4n) is 3.67. The number of imidazole rings is 1. The van der Waals surface area contributed by atoms with E-state index in [1.54, 1.807) is 6.07 Å². The average molecular weight is 263 g/mol. The van der Waals surface area contributed by atoms with Crippen LogP contribution in [0.4, 0.5) is 8.78 Å². The highest BCUT2D eigenvalue weighted by molar-refractivity contribution is 5.75. The van der Waals surface area contributed by atoms with E-state index in [0.717, 1.165) is 18.4 Å². The van der Waals surface area contributed by atoms with Gasteiger partial charge in [0.1, 0.15) is 11.3 Å². The summed E-state index contributed by atoms with van der Waals surface area (Å²) in [7, 11) is 0. The van der Waals surface area contributed by atoms with Crippen molar-refractivity contribution >= 4 is 11.0 Å². The van der Waals surface area contributed by atoms with Crippen LogP contribution in [0.25, 0.3) is 11.0 Å². The van der Waals surface area contributed by atoms with Crippen LogP contribution in [0.2, 0.25) is 0 Å². The van der Waals surface area contributed by atoms with E-state index >= 15 is 0 Å². The van der Waals surface area contributed by atoms with Crippen molar-refractivity contribution in [2.45, 2.75) is 25.3 Å². The molecule has 2 heterocycles. The lowest BCUT2D eigenvalue weighted by Crippen LogP contribution is -2.19. The van der Waals surface area contributed by atoms with Gasteiger partial charge in [-0.3, -0.25) is 0 Å². The molecule has 2 fully saturated rings. The molecule has 0 radical (unpaired) electrons. The highest BCUT2D eigenvalue weighted by Gasteiger charge is 2.41. The molecule has 1 aliphatic heterocycles. The Labute approximate surface area is 109 Å². The average Bonchev–Trinajstić information content (AvgIpc) is 3.07. The minimum atomic E-state index is -0.860. The monoisotopic (exact) mass is 263 g/mol. The van der Waals surface area contributed by atoms with Gasteiger partial charge in [0.2, 0.25) is 0 Å². The van der Waals surface area contributed by atoms with E-state index in [2.05, 4.69) is 15.3 Å². The van der Waals surface area contributed by atoms with Crippen molar-refractivity contribution in [3.63, 3.8) is 0 Å². The molecule has 0 amide bonds. The Morgan fingerprint density at radius 2 is 2.11 bits per heavy atom. The molecule has 5 heteroatoms. The van der Waals surface area contributed by atoms with Gasteiger partial charge in [0.05, 0.1) is 11.6 Å². The van der Waals surface area contributed by atoms with E-state index in [9.17, 15) is 8.78 Å². The number of nitrogens with zero attached hydrogens (tertiary/aromatic N) is 1. The number of rotatable bonds is 1. The highest BCUT2D eigenvalue weighted by atomic mass is 19.2. The molecule has 2 aliphatic rings. The summed E-state index contributed by atoms with van der Waals surface area (Å²) in [5, 5.41) is 3.46. The molecule has 1 aliphatic carbocycles. The van der Waals surface area contributed by atoms with Gasteiger partial charge in [-0.15, -0.1) is 0 Å². The van der Waals surface area contributed by atoms with Gasteiger partial charge < -0.3 is 10.3 Å². The number of benzene rings is 1. The van der Waals surface area contributed by atoms with Crippen molar-refractivity contribution in [2.75, 3.05) is 6.54 Å². The van der Waals surface area contributed by atoms with Crippen molar-refractivity contribution in [2.24, 2.45) is 11.8 Å². The molecule has 1 aromatic heterocycles. The van der Waals surface area contributed by atoms with E-state index in [-0.39, 0.29) is 11.6 Å². The van der Waals surface area contributed by atoms with Crippen molar-refractivity contribution in [3.05, 3.63) is 29.6 Å². The first-order valence-electron chi connectivity index (χ1n) is 6.81. The zero-order chi connectivity index (χ0) is 13.0. The molecule has 1 saturated heterocycles. The molecule has 0 bridgehead atoms. The zero-order valence-electron chi connectivity index (χ0n) is 10.4. The van der Waals surface area contributed by atoms with Gasteiger partial charge in [-0.2, -0.15) is 0 Å².